The molecular weight excluding hydrogens is 227 g/mol. The molecule has 0 spiro atoms. The molecule has 0 unspecified atom stereocenters. The fraction of sp³-hybridized carbons (Fsp3) is 0.250. The summed E-state index contributed by atoms with van der Waals surface area (Å²) in [6, 6.07) is 14.5. The maximum absolute atomic E-state index is 13.5. The highest BCUT2D eigenvalue weighted by Crippen LogP contribution is 2.16. The van der Waals surface area contributed by atoms with Gasteiger partial charge in [-0.2, -0.15) is 0 Å². The van der Waals surface area contributed by atoms with Crippen LogP contribution in [0.3, 0.4) is 0 Å². The monoisotopic (exact) mass is 246 g/mol. The van der Waals surface area contributed by atoms with Crippen molar-refractivity contribution >= 4 is 0 Å². The number of ether oxygens (including phenoxy) is 1. The molecule has 2 rings (SSSR count). The van der Waals surface area contributed by atoms with Gasteiger partial charge in [0.1, 0.15) is 18.2 Å². The van der Waals surface area contributed by atoms with Crippen molar-refractivity contribution in [2.75, 3.05) is 0 Å². The Hall–Kier alpha value is -1.83. The molecule has 96 valence electrons. The number of rotatable bonds is 3. The van der Waals surface area contributed by atoms with Gasteiger partial charge < -0.3 is 4.74 Å². The van der Waals surface area contributed by atoms with E-state index in [0.717, 1.165) is 11.3 Å². The van der Waals surface area contributed by atoms with E-state index in [1.54, 1.807) is 6.07 Å². The molecule has 18 heavy (non-hydrogen) atoms. The summed E-state index contributed by atoms with van der Waals surface area (Å²) in [5.41, 5.74) is 1.53. The number of hydrogen-bond donors (Lipinski definition) is 0. The van der Waals surface area contributed by atoms with E-state index in [1.807, 2.05) is 57.2 Å². The van der Waals surface area contributed by atoms with E-state index in [9.17, 15) is 4.39 Å². The first-order chi connectivity index (χ1) is 8.77. The predicted octanol–water partition coefficient (Wildman–Crippen LogP) is 4.74. The highest BCUT2D eigenvalue weighted by atomic mass is 19.1. The van der Waals surface area contributed by atoms with Crippen LogP contribution in [0.5, 0.6) is 5.75 Å². The zero-order valence-corrected chi connectivity index (χ0v) is 11.1. The third-order valence-corrected chi connectivity index (χ3v) is 2.48. The quantitative estimate of drug-likeness (QED) is 0.760. The molecule has 1 nitrogen and oxygen atoms in total. The minimum absolute atomic E-state index is 0.212. The summed E-state index contributed by atoms with van der Waals surface area (Å²) < 4.78 is 19.0. The number of hydrogen-bond acceptors (Lipinski definition) is 1. The van der Waals surface area contributed by atoms with Crippen LogP contribution < -0.4 is 4.74 Å². The normalized spacial score (nSPS) is 9.33. The Morgan fingerprint density at radius 1 is 0.944 bits per heavy atom. The second-order valence-electron chi connectivity index (χ2n) is 3.64. The van der Waals surface area contributed by atoms with Crippen molar-refractivity contribution in [1.82, 2.24) is 0 Å². The molecule has 2 heteroatoms. The fourth-order valence-electron chi connectivity index (χ4n) is 1.52. The van der Waals surface area contributed by atoms with E-state index in [0.29, 0.717) is 5.56 Å². The maximum atomic E-state index is 13.5. The Morgan fingerprint density at radius 3 is 2.22 bits per heavy atom. The zero-order valence-electron chi connectivity index (χ0n) is 11.1. The first-order valence-corrected chi connectivity index (χ1v) is 6.19. The lowest BCUT2D eigenvalue weighted by atomic mass is 10.1. The largest absolute Gasteiger partial charge is 0.489 e. The average Bonchev–Trinajstić information content (AvgIpc) is 2.42. The summed E-state index contributed by atoms with van der Waals surface area (Å²) in [6.45, 7) is 6.15. The van der Waals surface area contributed by atoms with E-state index < -0.39 is 0 Å². The van der Waals surface area contributed by atoms with Gasteiger partial charge >= 0.3 is 0 Å². The standard InChI is InChI=1S/C14H13FO.C2H6/c1-11-6-5-9-14(15)13(11)10-16-12-7-3-2-4-8-12;1-2/h2-9H,10H2,1H3;1-2H3. The van der Waals surface area contributed by atoms with Crippen molar-refractivity contribution in [3.63, 3.8) is 0 Å². The average molecular weight is 246 g/mol. The fourth-order valence-corrected chi connectivity index (χ4v) is 1.52. The first-order valence-electron chi connectivity index (χ1n) is 6.19. The molecule has 0 heterocycles. The van der Waals surface area contributed by atoms with Gasteiger partial charge in [-0.3, -0.25) is 0 Å². The van der Waals surface area contributed by atoms with Gasteiger partial charge in [0.05, 0.1) is 0 Å². The van der Waals surface area contributed by atoms with E-state index >= 15 is 0 Å². The first kappa shape index (κ1) is 14.2. The third kappa shape index (κ3) is 3.88. The zero-order chi connectivity index (χ0) is 13.4. The van der Waals surface area contributed by atoms with Gasteiger partial charge in [-0.25, -0.2) is 4.39 Å². The third-order valence-electron chi connectivity index (χ3n) is 2.48. The summed E-state index contributed by atoms with van der Waals surface area (Å²) in [5, 5.41) is 0. The molecule has 2 aromatic rings. The van der Waals surface area contributed by atoms with Gasteiger partial charge in [-0.05, 0) is 30.7 Å². The number of halogens is 1. The lowest BCUT2D eigenvalue weighted by molar-refractivity contribution is 0.299. The van der Waals surface area contributed by atoms with Crippen LogP contribution in [0.1, 0.15) is 25.0 Å². The van der Waals surface area contributed by atoms with Crippen molar-refractivity contribution in [1.29, 1.82) is 0 Å². The molecule has 0 saturated heterocycles. The van der Waals surface area contributed by atoms with Crippen LogP contribution in [0.4, 0.5) is 4.39 Å². The minimum Gasteiger partial charge on any atom is -0.489 e. The highest BCUT2D eigenvalue weighted by molar-refractivity contribution is 5.28. The maximum Gasteiger partial charge on any atom is 0.130 e. The SMILES string of the molecule is CC.Cc1cccc(F)c1COc1ccccc1. The molecule has 0 radical (unpaired) electrons. The van der Waals surface area contributed by atoms with Crippen molar-refractivity contribution < 1.29 is 9.13 Å². The molecule has 0 aliphatic heterocycles. The molecule has 0 bridgehead atoms. The van der Waals surface area contributed by atoms with Gasteiger partial charge in [0, 0.05) is 5.56 Å². The summed E-state index contributed by atoms with van der Waals surface area (Å²) >= 11 is 0. The van der Waals surface area contributed by atoms with Crippen LogP contribution in [0, 0.1) is 12.7 Å². The summed E-state index contributed by atoms with van der Waals surface area (Å²) in [6.07, 6.45) is 0. The molecular formula is C16H19FO. The van der Waals surface area contributed by atoms with E-state index in [-0.39, 0.29) is 12.4 Å². The Kier molecular flexibility index (Phi) is 5.92. The summed E-state index contributed by atoms with van der Waals surface area (Å²) in [5.74, 6) is 0.543. The number of para-hydroxylation sites is 1. The molecule has 0 saturated carbocycles. The van der Waals surface area contributed by atoms with Gasteiger partial charge in [0.2, 0.25) is 0 Å². The van der Waals surface area contributed by atoms with E-state index in [2.05, 4.69) is 0 Å². The molecule has 0 amide bonds. The van der Waals surface area contributed by atoms with Crippen molar-refractivity contribution in [3.05, 3.63) is 65.5 Å². The second kappa shape index (κ2) is 7.49. The smallest absolute Gasteiger partial charge is 0.130 e. The molecule has 0 aromatic heterocycles. The van der Waals surface area contributed by atoms with Crippen LogP contribution in [0.2, 0.25) is 0 Å². The highest BCUT2D eigenvalue weighted by Gasteiger charge is 2.05. The molecule has 2 aromatic carbocycles. The van der Waals surface area contributed by atoms with Crippen molar-refractivity contribution in [3.8, 4) is 5.75 Å². The summed E-state index contributed by atoms with van der Waals surface area (Å²) in [7, 11) is 0. The second-order valence-corrected chi connectivity index (χ2v) is 3.64. The molecule has 0 aliphatic rings. The Balaban J connectivity index is 0.000000771. The summed E-state index contributed by atoms with van der Waals surface area (Å²) in [4.78, 5) is 0. The Bertz CT molecular complexity index is 446. The topological polar surface area (TPSA) is 9.23 Å². The molecule has 0 aliphatic carbocycles. The Labute approximate surface area is 108 Å². The number of benzene rings is 2. The minimum atomic E-state index is -0.212. The van der Waals surface area contributed by atoms with Gasteiger partial charge in [0.15, 0.2) is 0 Å². The molecule has 0 fully saturated rings. The van der Waals surface area contributed by atoms with E-state index in [1.165, 1.54) is 6.07 Å². The lowest BCUT2D eigenvalue weighted by Gasteiger charge is -2.09. The van der Waals surface area contributed by atoms with Crippen molar-refractivity contribution in [2.45, 2.75) is 27.4 Å². The van der Waals surface area contributed by atoms with Crippen LogP contribution in [0.15, 0.2) is 48.5 Å². The van der Waals surface area contributed by atoms with Crippen LogP contribution in [0.25, 0.3) is 0 Å². The Morgan fingerprint density at radius 2 is 1.61 bits per heavy atom. The molecule has 0 N–H and O–H groups in total. The van der Waals surface area contributed by atoms with Crippen molar-refractivity contribution in [2.24, 2.45) is 0 Å². The molecule has 0 atom stereocenters. The van der Waals surface area contributed by atoms with Gasteiger partial charge in [-0.15, -0.1) is 0 Å². The number of aryl methyl sites for hydroxylation is 1. The van der Waals surface area contributed by atoms with E-state index in [4.69, 9.17) is 4.74 Å². The lowest BCUT2D eigenvalue weighted by Crippen LogP contribution is -2.00. The predicted molar refractivity (Wildman–Crippen MR) is 73.3 cm³/mol. The van der Waals surface area contributed by atoms with Crippen LogP contribution in [-0.4, -0.2) is 0 Å². The van der Waals surface area contributed by atoms with Crippen LogP contribution in [-0.2, 0) is 6.61 Å². The van der Waals surface area contributed by atoms with Gasteiger partial charge in [-0.1, -0.05) is 44.2 Å². The van der Waals surface area contributed by atoms with Crippen LogP contribution >= 0.6 is 0 Å². The van der Waals surface area contributed by atoms with Gasteiger partial charge in [0.25, 0.3) is 0 Å².